The van der Waals surface area contributed by atoms with E-state index in [9.17, 15) is 4.79 Å². The summed E-state index contributed by atoms with van der Waals surface area (Å²) >= 11 is 0. The molecular weight excluding hydrogens is 240 g/mol. The first-order valence-corrected chi connectivity index (χ1v) is 6.85. The van der Waals surface area contributed by atoms with Crippen molar-refractivity contribution in [2.45, 2.75) is 46.1 Å². The molecule has 1 atom stereocenters. The molecule has 1 unspecified atom stereocenters. The number of unbranched alkanes of at least 4 members (excludes halogenated alkanes) is 2. The van der Waals surface area contributed by atoms with Crippen LogP contribution in [-0.2, 0) is 4.79 Å². The Balaban J connectivity index is 2.47. The van der Waals surface area contributed by atoms with Gasteiger partial charge in [0.2, 0.25) is 0 Å². The van der Waals surface area contributed by atoms with Crippen molar-refractivity contribution in [1.82, 2.24) is 5.32 Å². The average Bonchev–Trinajstić information content (AvgIpc) is 2.38. The number of hydrogen-bond acceptors (Lipinski definition) is 3. The maximum Gasteiger partial charge on any atom is 0.260 e. The summed E-state index contributed by atoms with van der Waals surface area (Å²) in [5, 5.41) is 2.87. The number of nitrogen functional groups attached to an aromatic ring is 1. The third-order valence-corrected chi connectivity index (χ3v) is 2.92. The zero-order chi connectivity index (χ0) is 14.3. The molecule has 0 aliphatic heterocycles. The van der Waals surface area contributed by atoms with Crippen LogP contribution >= 0.6 is 0 Å². The van der Waals surface area contributed by atoms with Crippen LogP contribution in [0, 0.1) is 6.92 Å². The fourth-order valence-corrected chi connectivity index (χ4v) is 1.72. The molecule has 4 heteroatoms. The molecule has 1 rings (SSSR count). The smallest absolute Gasteiger partial charge is 0.260 e. The number of hydrogen-bond donors (Lipinski definition) is 2. The molecule has 3 N–H and O–H groups in total. The number of carbonyl (C=O) groups excluding carboxylic acids is 1. The van der Waals surface area contributed by atoms with Crippen LogP contribution in [0.3, 0.4) is 0 Å². The summed E-state index contributed by atoms with van der Waals surface area (Å²) < 4.78 is 5.61. The zero-order valence-electron chi connectivity index (χ0n) is 12.0. The Labute approximate surface area is 115 Å². The molecule has 0 aliphatic rings. The summed E-state index contributed by atoms with van der Waals surface area (Å²) in [6, 6.07) is 5.55. The summed E-state index contributed by atoms with van der Waals surface area (Å²) in [6.07, 6.45) is 2.73. The molecule has 1 aromatic carbocycles. The largest absolute Gasteiger partial charge is 0.479 e. The maximum atomic E-state index is 11.8. The van der Waals surface area contributed by atoms with Crippen LogP contribution in [0.2, 0.25) is 0 Å². The highest BCUT2D eigenvalue weighted by molar-refractivity contribution is 5.80. The molecule has 106 valence electrons. The van der Waals surface area contributed by atoms with Crippen LogP contribution in [0.5, 0.6) is 5.75 Å². The second kappa shape index (κ2) is 7.67. The lowest BCUT2D eigenvalue weighted by Gasteiger charge is -2.16. The van der Waals surface area contributed by atoms with Gasteiger partial charge >= 0.3 is 0 Å². The fourth-order valence-electron chi connectivity index (χ4n) is 1.72. The number of nitrogens with one attached hydrogen (secondary N) is 1. The van der Waals surface area contributed by atoms with Crippen molar-refractivity contribution < 1.29 is 9.53 Å². The van der Waals surface area contributed by atoms with E-state index in [1.54, 1.807) is 13.0 Å². The van der Waals surface area contributed by atoms with E-state index in [4.69, 9.17) is 10.5 Å². The van der Waals surface area contributed by atoms with Crippen LogP contribution in [0.15, 0.2) is 18.2 Å². The molecule has 0 saturated carbocycles. The van der Waals surface area contributed by atoms with Gasteiger partial charge in [-0.25, -0.2) is 0 Å². The van der Waals surface area contributed by atoms with Crippen molar-refractivity contribution >= 4 is 11.6 Å². The van der Waals surface area contributed by atoms with E-state index >= 15 is 0 Å². The summed E-state index contributed by atoms with van der Waals surface area (Å²) in [5.41, 5.74) is 7.43. The monoisotopic (exact) mass is 264 g/mol. The number of amides is 1. The highest BCUT2D eigenvalue weighted by Crippen LogP contribution is 2.23. The normalized spacial score (nSPS) is 11.9. The number of carbonyl (C=O) groups is 1. The van der Waals surface area contributed by atoms with Crippen molar-refractivity contribution in [3.63, 3.8) is 0 Å². The lowest BCUT2D eigenvalue weighted by Crippen LogP contribution is -2.36. The number of anilines is 1. The van der Waals surface area contributed by atoms with E-state index in [1.165, 1.54) is 0 Å². The van der Waals surface area contributed by atoms with Gasteiger partial charge in [0.05, 0.1) is 5.69 Å². The Hall–Kier alpha value is -1.71. The topological polar surface area (TPSA) is 64.3 Å². The van der Waals surface area contributed by atoms with E-state index in [0.29, 0.717) is 18.0 Å². The Morgan fingerprint density at radius 1 is 1.42 bits per heavy atom. The lowest BCUT2D eigenvalue weighted by atomic mass is 10.2. The van der Waals surface area contributed by atoms with Crippen molar-refractivity contribution in [2.75, 3.05) is 12.3 Å². The number of aryl methyl sites for hydroxylation is 1. The second-order valence-corrected chi connectivity index (χ2v) is 4.80. The summed E-state index contributed by atoms with van der Waals surface area (Å²) in [4.78, 5) is 11.8. The van der Waals surface area contributed by atoms with Crippen LogP contribution in [0.25, 0.3) is 0 Å². The lowest BCUT2D eigenvalue weighted by molar-refractivity contribution is -0.127. The molecule has 1 amide bonds. The maximum absolute atomic E-state index is 11.8. The predicted molar refractivity (Wildman–Crippen MR) is 78.2 cm³/mol. The average molecular weight is 264 g/mol. The fraction of sp³-hybridized carbons (Fsp3) is 0.533. The van der Waals surface area contributed by atoms with E-state index in [2.05, 4.69) is 12.2 Å². The molecule has 0 fully saturated rings. The van der Waals surface area contributed by atoms with Crippen molar-refractivity contribution in [2.24, 2.45) is 0 Å². The molecule has 0 saturated heterocycles. The van der Waals surface area contributed by atoms with Crippen molar-refractivity contribution in [1.29, 1.82) is 0 Å². The summed E-state index contributed by atoms with van der Waals surface area (Å²) in [6.45, 7) is 6.52. The minimum Gasteiger partial charge on any atom is -0.479 e. The van der Waals surface area contributed by atoms with Gasteiger partial charge in [0.1, 0.15) is 5.75 Å². The number of rotatable bonds is 7. The molecule has 0 heterocycles. The Morgan fingerprint density at radius 3 is 2.84 bits per heavy atom. The first kappa shape index (κ1) is 15.3. The molecule has 4 nitrogen and oxygen atoms in total. The first-order valence-electron chi connectivity index (χ1n) is 6.85. The van der Waals surface area contributed by atoms with Crippen LogP contribution in [0.1, 0.15) is 38.7 Å². The first-order chi connectivity index (χ1) is 9.04. The minimum absolute atomic E-state index is 0.1000. The van der Waals surface area contributed by atoms with Gasteiger partial charge in [-0.2, -0.15) is 0 Å². The summed E-state index contributed by atoms with van der Waals surface area (Å²) in [5.74, 6) is 0.466. The molecule has 1 aromatic rings. The highest BCUT2D eigenvalue weighted by Gasteiger charge is 2.15. The third-order valence-electron chi connectivity index (χ3n) is 2.92. The Kier molecular flexibility index (Phi) is 6.19. The van der Waals surface area contributed by atoms with Gasteiger partial charge in [0.15, 0.2) is 6.10 Å². The van der Waals surface area contributed by atoms with Gasteiger partial charge in [-0.15, -0.1) is 0 Å². The molecule has 0 spiro atoms. The standard InChI is InChI=1S/C15H24N2O2/c1-4-5-6-9-17-15(18)12(3)19-14-10-11(2)7-8-13(14)16/h7-8,10,12H,4-6,9,16H2,1-3H3,(H,17,18). The SMILES string of the molecule is CCCCCNC(=O)C(C)Oc1cc(C)ccc1N. The molecule has 0 aliphatic carbocycles. The molecular formula is C15H24N2O2. The van der Waals surface area contributed by atoms with Crippen LogP contribution in [0.4, 0.5) is 5.69 Å². The highest BCUT2D eigenvalue weighted by atomic mass is 16.5. The van der Waals surface area contributed by atoms with E-state index in [-0.39, 0.29) is 5.91 Å². The predicted octanol–water partition coefficient (Wildman–Crippen LogP) is 2.65. The number of nitrogens with two attached hydrogens (primary N) is 1. The zero-order valence-corrected chi connectivity index (χ0v) is 12.0. The molecule has 0 bridgehead atoms. The quantitative estimate of drug-likeness (QED) is 0.588. The van der Waals surface area contributed by atoms with Crippen LogP contribution < -0.4 is 15.8 Å². The number of ether oxygens (including phenoxy) is 1. The van der Waals surface area contributed by atoms with Gasteiger partial charge < -0.3 is 15.8 Å². The van der Waals surface area contributed by atoms with Gasteiger partial charge in [-0.3, -0.25) is 4.79 Å². The third kappa shape index (κ3) is 5.20. The minimum atomic E-state index is -0.536. The van der Waals surface area contributed by atoms with Crippen molar-refractivity contribution in [3.05, 3.63) is 23.8 Å². The second-order valence-electron chi connectivity index (χ2n) is 4.80. The molecule has 0 aromatic heterocycles. The van der Waals surface area contributed by atoms with E-state index in [0.717, 1.165) is 24.8 Å². The molecule has 0 radical (unpaired) electrons. The van der Waals surface area contributed by atoms with E-state index in [1.807, 2.05) is 19.1 Å². The van der Waals surface area contributed by atoms with E-state index < -0.39 is 6.10 Å². The Morgan fingerprint density at radius 2 is 2.16 bits per heavy atom. The van der Waals surface area contributed by atoms with Crippen LogP contribution in [-0.4, -0.2) is 18.6 Å². The van der Waals surface area contributed by atoms with Gasteiger partial charge in [0, 0.05) is 6.54 Å². The number of benzene rings is 1. The van der Waals surface area contributed by atoms with Gasteiger partial charge in [-0.05, 0) is 38.0 Å². The Bertz CT molecular complexity index is 419. The molecule has 19 heavy (non-hydrogen) atoms. The van der Waals surface area contributed by atoms with Gasteiger partial charge in [-0.1, -0.05) is 25.8 Å². The van der Waals surface area contributed by atoms with Crippen molar-refractivity contribution in [3.8, 4) is 5.75 Å². The van der Waals surface area contributed by atoms with Gasteiger partial charge in [0.25, 0.3) is 5.91 Å². The summed E-state index contributed by atoms with van der Waals surface area (Å²) in [7, 11) is 0.